The highest BCUT2D eigenvalue weighted by Crippen LogP contribution is 2.21. The average Bonchev–Trinajstić information content (AvgIpc) is 2.32. The second kappa shape index (κ2) is 7.07. The highest BCUT2D eigenvalue weighted by Gasteiger charge is 2.13. The van der Waals surface area contributed by atoms with Crippen molar-refractivity contribution in [2.45, 2.75) is 19.4 Å². The number of likely N-dealkylation sites (N-methyl/N-ethyl adjacent to an activating group) is 1. The van der Waals surface area contributed by atoms with Crippen molar-refractivity contribution in [1.82, 2.24) is 10.2 Å². The van der Waals surface area contributed by atoms with Crippen molar-refractivity contribution in [2.75, 3.05) is 20.1 Å². The molecule has 0 aliphatic heterocycles. The minimum Gasteiger partial charge on any atom is -0.390 e. The Bertz CT molecular complexity index is 295. The molecule has 0 fully saturated rings. The van der Waals surface area contributed by atoms with E-state index in [0.29, 0.717) is 6.04 Å². The topological polar surface area (TPSA) is 15.3 Å². The molecule has 0 aliphatic carbocycles. The van der Waals surface area contributed by atoms with Gasteiger partial charge in [-0.1, -0.05) is 43.8 Å². The van der Waals surface area contributed by atoms with Crippen molar-refractivity contribution >= 4 is 0 Å². The second-order valence-corrected chi connectivity index (χ2v) is 3.97. The minimum atomic E-state index is 0.507. The average molecular weight is 218 g/mol. The second-order valence-electron chi connectivity index (χ2n) is 3.97. The summed E-state index contributed by atoms with van der Waals surface area (Å²) in [5.41, 5.74) is 1.39. The molecular weight excluding hydrogens is 196 g/mol. The lowest BCUT2D eigenvalue weighted by Gasteiger charge is -2.27. The zero-order chi connectivity index (χ0) is 11.8. The highest BCUT2D eigenvalue weighted by molar-refractivity contribution is 5.18. The van der Waals surface area contributed by atoms with Crippen LogP contribution < -0.4 is 5.32 Å². The molecular formula is C14H22N2. The van der Waals surface area contributed by atoms with E-state index in [-0.39, 0.29) is 0 Å². The first-order chi connectivity index (χ1) is 7.79. The Morgan fingerprint density at radius 3 is 2.62 bits per heavy atom. The summed E-state index contributed by atoms with van der Waals surface area (Å²) in [6, 6.07) is 11.2. The number of nitrogens with zero attached hydrogens (tertiary/aromatic N) is 1. The maximum atomic E-state index is 3.65. The van der Waals surface area contributed by atoms with Gasteiger partial charge in [-0.25, -0.2) is 0 Å². The van der Waals surface area contributed by atoms with Crippen molar-refractivity contribution < 1.29 is 0 Å². The molecule has 1 atom stereocenters. The molecule has 1 N–H and O–H groups in total. The highest BCUT2D eigenvalue weighted by atomic mass is 15.1. The molecule has 88 valence electrons. The number of hydrogen-bond acceptors (Lipinski definition) is 2. The predicted molar refractivity (Wildman–Crippen MR) is 70.3 cm³/mol. The van der Waals surface area contributed by atoms with E-state index in [1.54, 1.807) is 6.20 Å². The Morgan fingerprint density at radius 1 is 1.38 bits per heavy atom. The van der Waals surface area contributed by atoms with Crippen LogP contribution in [0.4, 0.5) is 0 Å². The third-order valence-corrected chi connectivity index (χ3v) is 2.86. The summed E-state index contributed by atoms with van der Waals surface area (Å²) in [4.78, 5) is 2.38. The molecule has 0 spiro atoms. The Hall–Kier alpha value is -1.28. The van der Waals surface area contributed by atoms with Crippen LogP contribution in [0.3, 0.4) is 0 Å². The molecule has 0 aromatic heterocycles. The molecule has 2 heteroatoms. The minimum absolute atomic E-state index is 0.507. The maximum Gasteiger partial charge on any atom is 0.0343 e. The fourth-order valence-corrected chi connectivity index (χ4v) is 1.98. The molecule has 0 heterocycles. The van der Waals surface area contributed by atoms with Gasteiger partial charge in [0.15, 0.2) is 0 Å². The first kappa shape index (κ1) is 12.8. The van der Waals surface area contributed by atoms with E-state index in [2.05, 4.69) is 61.1 Å². The van der Waals surface area contributed by atoms with E-state index in [0.717, 1.165) is 19.5 Å². The molecule has 1 aromatic rings. The van der Waals surface area contributed by atoms with Crippen LogP contribution in [0.25, 0.3) is 0 Å². The number of rotatable bonds is 7. The molecule has 1 rings (SSSR count). The zero-order valence-electron chi connectivity index (χ0n) is 10.3. The number of nitrogens with one attached hydrogen (secondary N) is 1. The van der Waals surface area contributed by atoms with Gasteiger partial charge >= 0.3 is 0 Å². The summed E-state index contributed by atoms with van der Waals surface area (Å²) >= 11 is 0. The van der Waals surface area contributed by atoms with Crippen LogP contribution in [0.2, 0.25) is 0 Å². The molecule has 1 unspecified atom stereocenters. The van der Waals surface area contributed by atoms with Gasteiger partial charge in [0.1, 0.15) is 0 Å². The van der Waals surface area contributed by atoms with Crippen LogP contribution in [-0.4, -0.2) is 25.0 Å². The number of hydrogen-bond donors (Lipinski definition) is 1. The summed E-state index contributed by atoms with van der Waals surface area (Å²) in [6.45, 7) is 7.86. The van der Waals surface area contributed by atoms with Gasteiger partial charge in [-0.2, -0.15) is 0 Å². The molecule has 0 radical (unpaired) electrons. The molecule has 0 saturated carbocycles. The smallest absolute Gasteiger partial charge is 0.0343 e. The van der Waals surface area contributed by atoms with Crippen molar-refractivity contribution in [3.63, 3.8) is 0 Å². The molecule has 0 saturated heterocycles. The summed E-state index contributed by atoms with van der Waals surface area (Å²) in [6.07, 6.45) is 2.88. The van der Waals surface area contributed by atoms with Crippen molar-refractivity contribution in [1.29, 1.82) is 0 Å². The van der Waals surface area contributed by atoms with E-state index in [1.807, 2.05) is 0 Å². The van der Waals surface area contributed by atoms with Gasteiger partial charge in [0.25, 0.3) is 0 Å². The van der Waals surface area contributed by atoms with E-state index >= 15 is 0 Å². The first-order valence-corrected chi connectivity index (χ1v) is 5.89. The van der Waals surface area contributed by atoms with E-state index < -0.39 is 0 Å². The Kier molecular flexibility index (Phi) is 5.65. The summed E-state index contributed by atoms with van der Waals surface area (Å²) in [5.74, 6) is 0. The van der Waals surface area contributed by atoms with Gasteiger partial charge < -0.3 is 5.32 Å². The Balaban J connectivity index is 2.56. The Morgan fingerprint density at radius 2 is 2.06 bits per heavy atom. The predicted octanol–water partition coefficient (Wildman–Crippen LogP) is 2.80. The van der Waals surface area contributed by atoms with Crippen LogP contribution >= 0.6 is 0 Å². The molecule has 16 heavy (non-hydrogen) atoms. The maximum absolute atomic E-state index is 3.65. The number of benzene rings is 1. The lowest BCUT2D eigenvalue weighted by Crippen LogP contribution is -2.30. The van der Waals surface area contributed by atoms with Gasteiger partial charge in [0.05, 0.1) is 0 Å². The monoisotopic (exact) mass is 218 g/mol. The fourth-order valence-electron chi connectivity index (χ4n) is 1.98. The zero-order valence-corrected chi connectivity index (χ0v) is 10.3. The van der Waals surface area contributed by atoms with Gasteiger partial charge in [0, 0.05) is 19.1 Å². The van der Waals surface area contributed by atoms with Crippen LogP contribution in [0.5, 0.6) is 0 Å². The van der Waals surface area contributed by atoms with E-state index in [4.69, 9.17) is 0 Å². The summed E-state index contributed by atoms with van der Waals surface area (Å²) in [7, 11) is 2.17. The normalized spacial score (nSPS) is 12.4. The molecule has 1 aromatic carbocycles. The fraction of sp³-hybridized carbons (Fsp3) is 0.429. The van der Waals surface area contributed by atoms with Gasteiger partial charge in [-0.3, -0.25) is 4.90 Å². The van der Waals surface area contributed by atoms with E-state index in [1.165, 1.54) is 5.56 Å². The standard InChI is InChI=1S/C14H22N2/c1-4-14(13-9-7-6-8-10-13)16(3)12-11-15-5-2/h5-10,14-15H,2,4,11-12H2,1,3H3. The van der Waals surface area contributed by atoms with Crippen molar-refractivity contribution in [2.24, 2.45) is 0 Å². The van der Waals surface area contributed by atoms with Crippen LogP contribution in [-0.2, 0) is 0 Å². The lowest BCUT2D eigenvalue weighted by molar-refractivity contribution is 0.241. The third kappa shape index (κ3) is 3.70. The third-order valence-electron chi connectivity index (χ3n) is 2.86. The van der Waals surface area contributed by atoms with Crippen molar-refractivity contribution in [3.8, 4) is 0 Å². The largest absolute Gasteiger partial charge is 0.390 e. The summed E-state index contributed by atoms with van der Waals surface area (Å²) in [5, 5.41) is 3.13. The summed E-state index contributed by atoms with van der Waals surface area (Å²) < 4.78 is 0. The van der Waals surface area contributed by atoms with Crippen LogP contribution in [0, 0.1) is 0 Å². The molecule has 0 amide bonds. The lowest BCUT2D eigenvalue weighted by atomic mass is 10.0. The molecule has 2 nitrogen and oxygen atoms in total. The van der Waals surface area contributed by atoms with Crippen molar-refractivity contribution in [3.05, 3.63) is 48.7 Å². The first-order valence-electron chi connectivity index (χ1n) is 5.89. The SMILES string of the molecule is C=CNCCN(C)C(CC)c1ccccc1. The van der Waals surface area contributed by atoms with Gasteiger partial charge in [-0.15, -0.1) is 0 Å². The quantitative estimate of drug-likeness (QED) is 0.708. The molecule has 0 aliphatic rings. The van der Waals surface area contributed by atoms with E-state index in [9.17, 15) is 0 Å². The van der Waals surface area contributed by atoms with Crippen LogP contribution in [0.15, 0.2) is 43.1 Å². The Labute approximate surface area is 99.0 Å². The van der Waals surface area contributed by atoms with Gasteiger partial charge in [0.2, 0.25) is 0 Å². The van der Waals surface area contributed by atoms with Gasteiger partial charge in [-0.05, 0) is 25.2 Å². The van der Waals surface area contributed by atoms with Crippen LogP contribution in [0.1, 0.15) is 24.9 Å². The molecule has 0 bridgehead atoms.